The lowest BCUT2D eigenvalue weighted by atomic mass is 10.6. The fourth-order valence-electron chi connectivity index (χ4n) is 1.47. The first-order chi connectivity index (χ1) is 6.88. The van der Waals surface area contributed by atoms with Gasteiger partial charge < -0.3 is 4.55 Å². The molecule has 0 aromatic heterocycles. The number of thioether (sulfide) groups is 2. The van der Waals surface area contributed by atoms with Crippen molar-refractivity contribution in [1.82, 2.24) is 8.61 Å². The van der Waals surface area contributed by atoms with E-state index in [0.29, 0.717) is 0 Å². The molecular weight excluding hydrogens is 236 g/mol. The molecule has 1 radical (unpaired) electrons. The van der Waals surface area contributed by atoms with E-state index < -0.39 is 11.5 Å². The molecule has 0 bridgehead atoms. The van der Waals surface area contributed by atoms with Crippen LogP contribution in [-0.2, 0) is 11.5 Å². The van der Waals surface area contributed by atoms with Gasteiger partial charge >= 0.3 is 0 Å². The van der Waals surface area contributed by atoms with E-state index >= 15 is 0 Å². The first kappa shape index (κ1) is 11.4. The lowest BCUT2D eigenvalue weighted by molar-refractivity contribution is 0.368. The summed E-state index contributed by atoms with van der Waals surface area (Å²) in [5, 5.41) is 0. The van der Waals surface area contributed by atoms with Gasteiger partial charge in [-0.05, 0) is 0 Å². The molecule has 0 aromatic rings. The molecule has 0 amide bonds. The smallest absolute Gasteiger partial charge is 0.140 e. The predicted molar refractivity (Wildman–Crippen MR) is 65.4 cm³/mol. The van der Waals surface area contributed by atoms with Crippen LogP contribution < -0.4 is 0 Å². The molecule has 2 saturated heterocycles. The van der Waals surface area contributed by atoms with Crippen molar-refractivity contribution in [2.24, 2.45) is 0 Å². The van der Waals surface area contributed by atoms with Gasteiger partial charge in [-0.15, -0.1) is 8.61 Å². The van der Waals surface area contributed by atoms with E-state index in [-0.39, 0.29) is 0 Å². The van der Waals surface area contributed by atoms with E-state index in [1.54, 1.807) is 0 Å². The highest BCUT2D eigenvalue weighted by Crippen LogP contribution is 2.21. The van der Waals surface area contributed by atoms with Gasteiger partial charge in [0.05, 0.1) is 26.2 Å². The zero-order valence-corrected chi connectivity index (χ0v) is 10.5. The Morgan fingerprint density at radius 3 is 2.43 bits per heavy atom. The van der Waals surface area contributed by atoms with E-state index in [1.165, 1.54) is 0 Å². The molecule has 0 aliphatic carbocycles. The fourth-order valence-corrected chi connectivity index (χ4v) is 4.87. The van der Waals surface area contributed by atoms with E-state index in [4.69, 9.17) is 0 Å². The van der Waals surface area contributed by atoms with Crippen LogP contribution in [0.5, 0.6) is 0 Å². The number of hydrogen-bond donors (Lipinski definition) is 0. The number of rotatable bonds is 2. The minimum atomic E-state index is -0.884. The van der Waals surface area contributed by atoms with E-state index in [2.05, 4.69) is 14.4 Å². The van der Waals surface area contributed by atoms with E-state index in [9.17, 15) is 4.55 Å². The Labute approximate surface area is 97.4 Å². The van der Waals surface area contributed by atoms with Crippen LogP contribution in [0.2, 0.25) is 0 Å². The molecule has 14 heavy (non-hydrogen) atoms. The highest BCUT2D eigenvalue weighted by atomic mass is 32.2. The molecule has 2 aliphatic heterocycles. The molecule has 2 heterocycles. The highest BCUT2D eigenvalue weighted by molar-refractivity contribution is 8.01. The molecular formula is C8H15N2OS3. The molecule has 6 heteroatoms. The summed E-state index contributed by atoms with van der Waals surface area (Å²) in [5.41, 5.74) is 0. The monoisotopic (exact) mass is 251 g/mol. The second-order valence-corrected chi connectivity index (χ2v) is 6.99. The van der Waals surface area contributed by atoms with Crippen LogP contribution >= 0.6 is 23.5 Å². The van der Waals surface area contributed by atoms with Crippen LogP contribution in [0.4, 0.5) is 0 Å². The fraction of sp³-hybridized carbons (Fsp3) is 0.875. The number of nitrogens with zero attached hydrogens (tertiary/aromatic N) is 2. The highest BCUT2D eigenvalue weighted by Gasteiger charge is 2.30. The van der Waals surface area contributed by atoms with Crippen molar-refractivity contribution in [2.45, 2.75) is 0 Å². The maximum absolute atomic E-state index is 12.1. The lowest BCUT2D eigenvalue weighted by Gasteiger charge is -2.33. The van der Waals surface area contributed by atoms with Crippen molar-refractivity contribution in [3.8, 4) is 0 Å². The van der Waals surface area contributed by atoms with E-state index in [1.807, 2.05) is 23.5 Å². The van der Waals surface area contributed by atoms with Gasteiger partial charge in [-0.2, -0.15) is 23.5 Å². The third-order valence-corrected chi connectivity index (χ3v) is 5.59. The SMILES string of the molecule is [O-][S+](N1C[CH]SCC1)N1CCSCC1. The molecule has 1 atom stereocenters. The van der Waals surface area contributed by atoms with Crippen LogP contribution in [-0.4, -0.2) is 56.6 Å². The summed E-state index contributed by atoms with van der Waals surface area (Å²) in [5.74, 6) is 5.48. The zero-order valence-electron chi connectivity index (χ0n) is 8.05. The summed E-state index contributed by atoms with van der Waals surface area (Å²) in [6, 6.07) is 0. The van der Waals surface area contributed by atoms with Crippen molar-refractivity contribution >= 4 is 35.1 Å². The lowest BCUT2D eigenvalue weighted by Crippen LogP contribution is -2.49. The second kappa shape index (κ2) is 5.86. The Hall–Kier alpha value is 0.930. The molecule has 1 unspecified atom stereocenters. The van der Waals surface area contributed by atoms with Gasteiger partial charge in [-0.3, -0.25) is 0 Å². The van der Waals surface area contributed by atoms with Crippen molar-refractivity contribution in [3.05, 3.63) is 5.75 Å². The minimum absolute atomic E-state index is 0.862. The topological polar surface area (TPSA) is 29.5 Å². The minimum Gasteiger partial charge on any atom is -0.578 e. The average Bonchev–Trinajstić information content (AvgIpc) is 2.30. The molecule has 0 saturated carbocycles. The van der Waals surface area contributed by atoms with Crippen LogP contribution in [0.25, 0.3) is 0 Å². The summed E-state index contributed by atoms with van der Waals surface area (Å²) in [6.07, 6.45) is 0. The van der Waals surface area contributed by atoms with Gasteiger partial charge in [-0.1, -0.05) is 0 Å². The van der Waals surface area contributed by atoms with Crippen LogP contribution in [0.1, 0.15) is 0 Å². The molecule has 0 N–H and O–H groups in total. The van der Waals surface area contributed by atoms with Crippen molar-refractivity contribution in [3.63, 3.8) is 0 Å². The molecule has 81 valence electrons. The molecule has 0 aromatic carbocycles. The quantitative estimate of drug-likeness (QED) is 0.678. The maximum atomic E-state index is 12.1. The van der Waals surface area contributed by atoms with Gasteiger partial charge in [0.1, 0.15) is 11.5 Å². The summed E-state index contributed by atoms with van der Waals surface area (Å²) >= 11 is 2.91. The van der Waals surface area contributed by atoms with E-state index in [0.717, 1.165) is 43.4 Å². The van der Waals surface area contributed by atoms with Gasteiger partial charge in [0.2, 0.25) is 0 Å². The second-order valence-electron chi connectivity index (χ2n) is 3.20. The van der Waals surface area contributed by atoms with Crippen molar-refractivity contribution < 1.29 is 4.55 Å². The largest absolute Gasteiger partial charge is 0.578 e. The van der Waals surface area contributed by atoms with Crippen LogP contribution in [0.3, 0.4) is 0 Å². The summed E-state index contributed by atoms with van der Waals surface area (Å²) in [4.78, 5) is 0. The third-order valence-electron chi connectivity index (χ3n) is 2.27. The molecule has 2 aliphatic rings. The Morgan fingerprint density at radius 2 is 1.79 bits per heavy atom. The van der Waals surface area contributed by atoms with Crippen LogP contribution in [0, 0.1) is 5.75 Å². The Bertz CT molecular complexity index is 154. The first-order valence-corrected chi connectivity index (χ1v) is 8.07. The predicted octanol–water partition coefficient (Wildman–Crippen LogP) is 0.824. The summed E-state index contributed by atoms with van der Waals surface area (Å²) in [6.45, 7) is 3.76. The molecule has 3 nitrogen and oxygen atoms in total. The van der Waals surface area contributed by atoms with Gasteiger partial charge in [-0.25, -0.2) is 0 Å². The number of hydrogen-bond acceptors (Lipinski definition) is 5. The van der Waals surface area contributed by atoms with Crippen LogP contribution in [0.15, 0.2) is 0 Å². The molecule has 2 rings (SSSR count). The normalized spacial score (nSPS) is 27.0. The first-order valence-electron chi connectivity index (χ1n) is 4.81. The summed E-state index contributed by atoms with van der Waals surface area (Å²) in [7, 11) is 0. The van der Waals surface area contributed by atoms with Crippen molar-refractivity contribution in [1.29, 1.82) is 0 Å². The zero-order chi connectivity index (χ0) is 9.80. The maximum Gasteiger partial charge on any atom is 0.140 e. The van der Waals surface area contributed by atoms with Gasteiger partial charge in [0, 0.05) is 23.0 Å². The summed E-state index contributed by atoms with van der Waals surface area (Å²) < 4.78 is 16.2. The average molecular weight is 251 g/mol. The Kier molecular flexibility index (Phi) is 4.78. The standard InChI is InChI=1S/C8H15N2OS3/c11-14(9-1-5-12-6-2-9)10-3-7-13-8-4-10/h5H,1-4,6-8H2. The Morgan fingerprint density at radius 1 is 1.07 bits per heavy atom. The van der Waals surface area contributed by atoms with Gasteiger partial charge in [0.15, 0.2) is 0 Å². The van der Waals surface area contributed by atoms with Gasteiger partial charge in [0.25, 0.3) is 0 Å². The third kappa shape index (κ3) is 2.96. The van der Waals surface area contributed by atoms with Crippen molar-refractivity contribution in [2.75, 3.05) is 43.4 Å². The molecule has 0 spiro atoms. The Balaban J connectivity index is 1.82. The molecule has 2 fully saturated rings.